The lowest BCUT2D eigenvalue weighted by molar-refractivity contribution is 0.0546. The molecule has 0 radical (unpaired) electrons. The van der Waals surface area contributed by atoms with Crippen molar-refractivity contribution in [3.63, 3.8) is 0 Å². The van der Waals surface area contributed by atoms with Gasteiger partial charge < -0.3 is 9.64 Å². The molecule has 1 aromatic heterocycles. The molecular formula is C30H39FN2OS. The van der Waals surface area contributed by atoms with Gasteiger partial charge in [-0.05, 0) is 97.2 Å². The topological polar surface area (TPSA) is 15.7 Å². The minimum absolute atomic E-state index is 0.188. The first-order valence-electron chi connectivity index (χ1n) is 12.9. The zero-order valence-electron chi connectivity index (χ0n) is 20.9. The molecule has 3 nitrogen and oxygen atoms in total. The lowest BCUT2D eigenvalue weighted by atomic mass is 9.96. The minimum Gasteiger partial charge on any atom is -0.376 e. The Hall–Kier alpha value is -2.05. The molecule has 5 rings (SSSR count). The van der Waals surface area contributed by atoms with Gasteiger partial charge in [-0.3, -0.25) is 4.90 Å². The molecule has 5 heteroatoms. The summed E-state index contributed by atoms with van der Waals surface area (Å²) in [5.41, 5.74) is 3.93. The van der Waals surface area contributed by atoms with E-state index in [9.17, 15) is 4.39 Å². The molecule has 0 N–H and O–H groups in total. The van der Waals surface area contributed by atoms with Crippen molar-refractivity contribution in [3.8, 4) is 0 Å². The number of thiophene rings is 1. The van der Waals surface area contributed by atoms with E-state index < -0.39 is 0 Å². The lowest BCUT2D eigenvalue weighted by Gasteiger charge is -2.33. The van der Waals surface area contributed by atoms with E-state index in [1.807, 2.05) is 35.0 Å². The van der Waals surface area contributed by atoms with Crippen LogP contribution in [-0.4, -0.2) is 49.1 Å². The predicted octanol–water partition coefficient (Wildman–Crippen LogP) is 6.63. The number of hydrogen-bond donors (Lipinski definition) is 0. The van der Waals surface area contributed by atoms with Crippen LogP contribution < -0.4 is 0 Å². The molecule has 0 amide bonds. The summed E-state index contributed by atoms with van der Waals surface area (Å²) >= 11 is 1.71. The van der Waals surface area contributed by atoms with Crippen molar-refractivity contribution in [1.82, 2.24) is 9.80 Å². The molecule has 2 fully saturated rings. The van der Waals surface area contributed by atoms with Crippen molar-refractivity contribution in [2.75, 3.05) is 39.3 Å². The van der Waals surface area contributed by atoms with Crippen molar-refractivity contribution in [2.45, 2.75) is 39.3 Å². The summed E-state index contributed by atoms with van der Waals surface area (Å²) < 4.78 is 18.9. The van der Waals surface area contributed by atoms with E-state index in [0.29, 0.717) is 12.5 Å². The van der Waals surface area contributed by atoms with Gasteiger partial charge in [-0.15, -0.1) is 0 Å². The highest BCUT2D eigenvalue weighted by Crippen LogP contribution is 2.24. The Kier molecular flexibility index (Phi) is 10.3. The van der Waals surface area contributed by atoms with Crippen LogP contribution in [0.25, 0.3) is 0 Å². The van der Waals surface area contributed by atoms with E-state index in [1.54, 1.807) is 11.3 Å². The summed E-state index contributed by atoms with van der Waals surface area (Å²) in [7, 11) is 0. The monoisotopic (exact) mass is 494 g/mol. The number of hydrogen-bond acceptors (Lipinski definition) is 4. The Morgan fingerprint density at radius 1 is 0.857 bits per heavy atom. The fraction of sp³-hybridized carbons (Fsp3) is 0.467. The minimum atomic E-state index is -0.188. The first-order valence-corrected chi connectivity index (χ1v) is 13.9. The summed E-state index contributed by atoms with van der Waals surface area (Å²) in [6, 6.07) is 19.4. The second kappa shape index (κ2) is 13.9. The van der Waals surface area contributed by atoms with Crippen LogP contribution in [0, 0.1) is 24.6 Å². The van der Waals surface area contributed by atoms with E-state index in [1.165, 1.54) is 75.2 Å². The molecular weight excluding hydrogens is 455 g/mol. The number of benzene rings is 2. The summed E-state index contributed by atoms with van der Waals surface area (Å²) in [4.78, 5) is 5.29. The second-order valence-electron chi connectivity index (χ2n) is 10.00. The Morgan fingerprint density at radius 3 is 2.23 bits per heavy atom. The Labute approximate surface area is 214 Å². The first kappa shape index (κ1) is 26.0. The SMILES string of the molecule is Cc1ccccc1CN1CCC(CN2CCC(COCc3ccc(F)cc3)CC2)C1.c1ccsc1. The van der Waals surface area contributed by atoms with Gasteiger partial charge in [-0.25, -0.2) is 4.39 Å². The summed E-state index contributed by atoms with van der Waals surface area (Å²) in [5, 5.41) is 4.08. The van der Waals surface area contributed by atoms with Crippen LogP contribution in [-0.2, 0) is 17.9 Å². The molecule has 0 saturated carbocycles. The molecule has 2 saturated heterocycles. The molecule has 0 spiro atoms. The second-order valence-corrected chi connectivity index (χ2v) is 10.8. The third-order valence-electron chi connectivity index (χ3n) is 7.21. The maximum absolute atomic E-state index is 13.0. The fourth-order valence-electron chi connectivity index (χ4n) is 5.09. The summed E-state index contributed by atoms with van der Waals surface area (Å²) in [6.07, 6.45) is 3.78. The maximum Gasteiger partial charge on any atom is 0.123 e. The van der Waals surface area contributed by atoms with Crippen LogP contribution >= 0.6 is 11.3 Å². The molecule has 0 aliphatic carbocycles. The number of likely N-dealkylation sites (tertiary alicyclic amines) is 2. The molecule has 2 aliphatic heterocycles. The average Bonchev–Trinajstić information content (AvgIpc) is 3.59. The standard InChI is InChI=1S/C26H35FN2O.C4H4S/c1-21-4-2-3-5-25(21)18-29-15-12-24(17-29)16-28-13-10-23(11-14-28)20-30-19-22-6-8-26(27)9-7-22;1-2-4-5-3-1/h2-9,23-24H,10-20H2,1H3;1-4H. The number of halogens is 1. The summed E-state index contributed by atoms with van der Waals surface area (Å²) in [6.45, 7) is 10.8. The van der Waals surface area contributed by atoms with Gasteiger partial charge >= 0.3 is 0 Å². The predicted molar refractivity (Wildman–Crippen MR) is 144 cm³/mol. The number of aryl methyl sites for hydroxylation is 1. The molecule has 3 aromatic rings. The highest BCUT2D eigenvalue weighted by Gasteiger charge is 2.27. The van der Waals surface area contributed by atoms with Gasteiger partial charge in [0.1, 0.15) is 5.82 Å². The average molecular weight is 495 g/mol. The Morgan fingerprint density at radius 2 is 1.54 bits per heavy atom. The molecule has 35 heavy (non-hydrogen) atoms. The van der Waals surface area contributed by atoms with Crippen molar-refractivity contribution >= 4 is 11.3 Å². The molecule has 0 bridgehead atoms. The van der Waals surface area contributed by atoms with Crippen molar-refractivity contribution in [1.29, 1.82) is 0 Å². The van der Waals surface area contributed by atoms with Gasteiger partial charge in [0, 0.05) is 26.2 Å². The van der Waals surface area contributed by atoms with Gasteiger partial charge in [0.15, 0.2) is 0 Å². The van der Waals surface area contributed by atoms with Crippen LogP contribution in [0.2, 0.25) is 0 Å². The lowest BCUT2D eigenvalue weighted by Crippen LogP contribution is -2.38. The molecule has 1 unspecified atom stereocenters. The normalized spacial score (nSPS) is 19.4. The molecule has 2 aromatic carbocycles. The van der Waals surface area contributed by atoms with Gasteiger partial charge in [-0.2, -0.15) is 11.3 Å². The number of nitrogens with zero attached hydrogens (tertiary/aromatic N) is 2. The van der Waals surface area contributed by atoms with Crippen LogP contribution in [0.3, 0.4) is 0 Å². The quantitative estimate of drug-likeness (QED) is 0.349. The van der Waals surface area contributed by atoms with Gasteiger partial charge in [-0.1, -0.05) is 48.5 Å². The van der Waals surface area contributed by atoms with E-state index in [4.69, 9.17) is 4.74 Å². The van der Waals surface area contributed by atoms with Crippen molar-refractivity contribution in [3.05, 3.63) is 93.9 Å². The van der Waals surface area contributed by atoms with Crippen LogP contribution in [0.5, 0.6) is 0 Å². The highest BCUT2D eigenvalue weighted by atomic mass is 32.1. The number of piperidine rings is 1. The van der Waals surface area contributed by atoms with Gasteiger partial charge in [0.05, 0.1) is 6.61 Å². The van der Waals surface area contributed by atoms with Crippen LogP contribution in [0.1, 0.15) is 36.0 Å². The zero-order chi connectivity index (χ0) is 24.3. The van der Waals surface area contributed by atoms with E-state index >= 15 is 0 Å². The van der Waals surface area contributed by atoms with Crippen molar-refractivity contribution in [2.24, 2.45) is 11.8 Å². The third kappa shape index (κ3) is 8.84. The van der Waals surface area contributed by atoms with Crippen LogP contribution in [0.15, 0.2) is 71.4 Å². The van der Waals surface area contributed by atoms with Gasteiger partial charge in [0.2, 0.25) is 0 Å². The van der Waals surface area contributed by atoms with E-state index in [2.05, 4.69) is 41.0 Å². The smallest absolute Gasteiger partial charge is 0.123 e. The summed E-state index contributed by atoms with van der Waals surface area (Å²) in [5.74, 6) is 1.27. The van der Waals surface area contributed by atoms with E-state index in [0.717, 1.165) is 24.6 Å². The first-order chi connectivity index (χ1) is 17.2. The zero-order valence-corrected chi connectivity index (χ0v) is 21.8. The van der Waals surface area contributed by atoms with Gasteiger partial charge in [0.25, 0.3) is 0 Å². The molecule has 3 heterocycles. The molecule has 188 valence electrons. The largest absolute Gasteiger partial charge is 0.376 e. The fourth-order valence-corrected chi connectivity index (χ4v) is 5.54. The number of rotatable bonds is 8. The molecule has 1 atom stereocenters. The Balaban J connectivity index is 0.000000514. The number of ether oxygens (including phenoxy) is 1. The maximum atomic E-state index is 13.0. The van der Waals surface area contributed by atoms with E-state index in [-0.39, 0.29) is 5.82 Å². The highest BCUT2D eigenvalue weighted by molar-refractivity contribution is 7.07. The van der Waals surface area contributed by atoms with Crippen LogP contribution in [0.4, 0.5) is 4.39 Å². The van der Waals surface area contributed by atoms with Crippen molar-refractivity contribution < 1.29 is 9.13 Å². The molecule has 2 aliphatic rings. The third-order valence-corrected chi connectivity index (χ3v) is 7.84. The Bertz CT molecular complexity index is 953.